The average Bonchev–Trinajstić information content (AvgIpc) is 3.40. The highest BCUT2D eigenvalue weighted by Crippen LogP contribution is 2.25. The molecule has 0 aliphatic heterocycles. The van der Waals surface area contributed by atoms with Crippen LogP contribution in [0.4, 0.5) is 0 Å². The summed E-state index contributed by atoms with van der Waals surface area (Å²) < 4.78 is 3.45. The predicted molar refractivity (Wildman–Crippen MR) is 102 cm³/mol. The second kappa shape index (κ2) is 6.14. The maximum Gasteiger partial charge on any atom is 0.183 e. The zero-order valence-electron chi connectivity index (χ0n) is 14.6. The summed E-state index contributed by atoms with van der Waals surface area (Å²) in [6, 6.07) is 13.9. The molecule has 7 heteroatoms. The lowest BCUT2D eigenvalue weighted by atomic mass is 10.1. The van der Waals surface area contributed by atoms with E-state index in [4.69, 9.17) is 0 Å². The maximum absolute atomic E-state index is 4.48. The van der Waals surface area contributed by atoms with E-state index in [0.717, 1.165) is 27.6 Å². The van der Waals surface area contributed by atoms with Gasteiger partial charge in [0.15, 0.2) is 11.6 Å². The lowest BCUT2D eigenvalue weighted by molar-refractivity contribution is 0.787. The van der Waals surface area contributed by atoms with Gasteiger partial charge in [-0.15, -0.1) is 10.2 Å². The fraction of sp³-hybridized carbons (Fsp3) is 0.0500. The molecule has 4 heterocycles. The number of aromatic nitrogens is 7. The van der Waals surface area contributed by atoms with Crippen LogP contribution < -0.4 is 0 Å². The van der Waals surface area contributed by atoms with Crippen molar-refractivity contribution in [2.24, 2.45) is 0 Å². The molecule has 5 rings (SSSR count). The summed E-state index contributed by atoms with van der Waals surface area (Å²) in [5.41, 5.74) is 2.92. The first-order valence-electron chi connectivity index (χ1n) is 8.53. The van der Waals surface area contributed by atoms with Crippen LogP contribution >= 0.6 is 0 Å². The topological polar surface area (TPSA) is 74.3 Å². The van der Waals surface area contributed by atoms with Gasteiger partial charge in [0.1, 0.15) is 0 Å². The average molecular weight is 353 g/mol. The molecule has 1 aromatic carbocycles. The van der Waals surface area contributed by atoms with Crippen LogP contribution in [0.1, 0.15) is 5.56 Å². The van der Waals surface area contributed by atoms with E-state index in [2.05, 4.69) is 25.4 Å². The molecule has 0 saturated heterocycles. The number of rotatable bonds is 3. The van der Waals surface area contributed by atoms with Crippen molar-refractivity contribution in [3.8, 4) is 22.9 Å². The van der Waals surface area contributed by atoms with Crippen LogP contribution in [0, 0.1) is 6.92 Å². The Morgan fingerprint density at radius 2 is 1.56 bits per heavy atom. The van der Waals surface area contributed by atoms with Gasteiger partial charge in [-0.25, -0.2) is 9.36 Å². The summed E-state index contributed by atoms with van der Waals surface area (Å²) in [6.45, 7) is 2.02. The molecule has 0 N–H and O–H groups in total. The van der Waals surface area contributed by atoms with Crippen molar-refractivity contribution in [1.29, 1.82) is 0 Å². The molecule has 0 fully saturated rings. The second-order valence-electron chi connectivity index (χ2n) is 6.24. The van der Waals surface area contributed by atoms with E-state index in [0.29, 0.717) is 11.6 Å². The number of hydrogen-bond acceptors (Lipinski definition) is 5. The van der Waals surface area contributed by atoms with Gasteiger partial charge in [-0.3, -0.25) is 4.98 Å². The molecule has 0 atom stereocenters. The van der Waals surface area contributed by atoms with Gasteiger partial charge in [-0.1, -0.05) is 30.3 Å². The van der Waals surface area contributed by atoms with Gasteiger partial charge in [-0.2, -0.15) is 10.2 Å². The molecule has 0 amide bonds. The minimum Gasteiger partial charge on any atom is -0.256 e. The zero-order chi connectivity index (χ0) is 18.2. The quantitative estimate of drug-likeness (QED) is 0.497. The van der Waals surface area contributed by atoms with Crippen molar-refractivity contribution in [1.82, 2.24) is 34.7 Å². The highest BCUT2D eigenvalue weighted by molar-refractivity contribution is 5.93. The molecule has 5 aromatic rings. The minimum absolute atomic E-state index is 0.667. The zero-order valence-corrected chi connectivity index (χ0v) is 14.6. The SMILES string of the molecule is Cc1ccc(-c2cnn(-c3nnc(-n4cccn4)c4ccccc34)c2)nc1. The number of hydrogen-bond donors (Lipinski definition) is 0. The van der Waals surface area contributed by atoms with E-state index in [1.807, 2.05) is 68.0 Å². The molecule has 0 bridgehead atoms. The van der Waals surface area contributed by atoms with Crippen LogP contribution in [0.5, 0.6) is 0 Å². The third kappa shape index (κ3) is 2.65. The van der Waals surface area contributed by atoms with Gasteiger partial charge in [-0.05, 0) is 24.6 Å². The van der Waals surface area contributed by atoms with Gasteiger partial charge in [0.2, 0.25) is 0 Å². The predicted octanol–water partition coefficient (Wildman–Crippen LogP) is 3.37. The van der Waals surface area contributed by atoms with Crippen molar-refractivity contribution in [2.75, 3.05) is 0 Å². The van der Waals surface area contributed by atoms with Gasteiger partial charge in [0, 0.05) is 41.1 Å². The van der Waals surface area contributed by atoms with Crippen molar-refractivity contribution < 1.29 is 0 Å². The summed E-state index contributed by atoms with van der Waals surface area (Å²) in [4.78, 5) is 4.46. The number of benzene rings is 1. The molecule has 130 valence electrons. The third-order valence-corrected chi connectivity index (χ3v) is 4.38. The molecule has 0 aliphatic rings. The molecule has 0 unspecified atom stereocenters. The molecule has 7 nitrogen and oxygen atoms in total. The first-order valence-corrected chi connectivity index (χ1v) is 8.53. The highest BCUT2D eigenvalue weighted by Gasteiger charge is 2.13. The summed E-state index contributed by atoms with van der Waals surface area (Å²) >= 11 is 0. The van der Waals surface area contributed by atoms with Crippen molar-refractivity contribution in [3.05, 3.63) is 79.0 Å². The molecule has 27 heavy (non-hydrogen) atoms. The van der Waals surface area contributed by atoms with Crippen LogP contribution in [-0.4, -0.2) is 34.7 Å². The van der Waals surface area contributed by atoms with E-state index in [1.54, 1.807) is 21.8 Å². The second-order valence-corrected chi connectivity index (χ2v) is 6.24. The molecule has 0 spiro atoms. The highest BCUT2D eigenvalue weighted by atomic mass is 15.4. The van der Waals surface area contributed by atoms with E-state index >= 15 is 0 Å². The third-order valence-electron chi connectivity index (χ3n) is 4.38. The molecular weight excluding hydrogens is 338 g/mol. The van der Waals surface area contributed by atoms with E-state index in [1.165, 1.54) is 0 Å². The van der Waals surface area contributed by atoms with Crippen molar-refractivity contribution >= 4 is 10.8 Å². The summed E-state index contributed by atoms with van der Waals surface area (Å²) in [7, 11) is 0. The summed E-state index contributed by atoms with van der Waals surface area (Å²) in [6.07, 6.45) is 9.13. The first-order chi connectivity index (χ1) is 13.3. The van der Waals surface area contributed by atoms with Gasteiger partial charge in [0.25, 0.3) is 0 Å². The fourth-order valence-corrected chi connectivity index (χ4v) is 3.02. The molecular formula is C20H15N7. The van der Waals surface area contributed by atoms with E-state index in [-0.39, 0.29) is 0 Å². The van der Waals surface area contributed by atoms with Crippen molar-refractivity contribution in [2.45, 2.75) is 6.92 Å². The van der Waals surface area contributed by atoms with Crippen LogP contribution in [0.2, 0.25) is 0 Å². The Balaban J connectivity index is 1.64. The maximum atomic E-state index is 4.48. The van der Waals surface area contributed by atoms with Gasteiger partial charge < -0.3 is 0 Å². The van der Waals surface area contributed by atoms with Gasteiger partial charge >= 0.3 is 0 Å². The number of fused-ring (bicyclic) bond motifs is 1. The number of nitrogens with zero attached hydrogens (tertiary/aromatic N) is 7. The van der Waals surface area contributed by atoms with E-state index in [9.17, 15) is 0 Å². The van der Waals surface area contributed by atoms with Crippen LogP contribution in [-0.2, 0) is 0 Å². The lowest BCUT2D eigenvalue weighted by Gasteiger charge is -2.08. The molecule has 0 saturated carbocycles. The smallest absolute Gasteiger partial charge is 0.183 e. The fourth-order valence-electron chi connectivity index (χ4n) is 3.02. The van der Waals surface area contributed by atoms with Gasteiger partial charge in [0.05, 0.1) is 11.9 Å². The van der Waals surface area contributed by atoms with E-state index < -0.39 is 0 Å². The lowest BCUT2D eigenvalue weighted by Crippen LogP contribution is -2.06. The minimum atomic E-state index is 0.667. The monoisotopic (exact) mass is 353 g/mol. The van der Waals surface area contributed by atoms with Crippen LogP contribution in [0.15, 0.2) is 73.4 Å². The van der Waals surface area contributed by atoms with Crippen LogP contribution in [0.3, 0.4) is 0 Å². The Morgan fingerprint density at radius 1 is 0.778 bits per heavy atom. The Labute approximate surface area is 154 Å². The molecule has 4 aromatic heterocycles. The normalized spacial score (nSPS) is 11.1. The number of pyridine rings is 1. The Morgan fingerprint density at radius 3 is 2.22 bits per heavy atom. The van der Waals surface area contributed by atoms with Crippen LogP contribution in [0.25, 0.3) is 33.7 Å². The number of aryl methyl sites for hydroxylation is 1. The first kappa shape index (κ1) is 15.4. The molecule has 0 aliphatic carbocycles. The Hall–Kier alpha value is -3.87. The standard InChI is InChI=1S/C20H15N7/c1-14-7-8-18(21-11-14)15-12-23-27(13-15)20-17-6-3-2-5-16(17)19(24-25-20)26-10-4-9-22-26/h2-13H,1H3. The Kier molecular flexibility index (Phi) is 3.50. The summed E-state index contributed by atoms with van der Waals surface area (Å²) in [5.74, 6) is 1.35. The largest absolute Gasteiger partial charge is 0.256 e. The molecule has 0 radical (unpaired) electrons. The van der Waals surface area contributed by atoms with Crippen molar-refractivity contribution in [3.63, 3.8) is 0 Å². The Bertz CT molecular complexity index is 1220. The summed E-state index contributed by atoms with van der Waals surface area (Å²) in [5, 5.41) is 19.5.